The molecular formula is C14H19N3O. The third-order valence-electron chi connectivity index (χ3n) is 4.37. The first-order valence-corrected chi connectivity index (χ1v) is 6.66. The van der Waals surface area contributed by atoms with Gasteiger partial charge in [0.2, 0.25) is 5.91 Å². The zero-order valence-electron chi connectivity index (χ0n) is 10.7. The van der Waals surface area contributed by atoms with Crippen LogP contribution in [0, 0.1) is 11.3 Å². The van der Waals surface area contributed by atoms with E-state index in [9.17, 15) is 4.79 Å². The molecule has 1 aliphatic heterocycles. The summed E-state index contributed by atoms with van der Waals surface area (Å²) >= 11 is 0. The Morgan fingerprint density at radius 2 is 2.33 bits per heavy atom. The van der Waals surface area contributed by atoms with Gasteiger partial charge in [0.15, 0.2) is 0 Å². The summed E-state index contributed by atoms with van der Waals surface area (Å²) in [7, 11) is 0. The van der Waals surface area contributed by atoms with Gasteiger partial charge in [-0.15, -0.1) is 0 Å². The van der Waals surface area contributed by atoms with Crippen LogP contribution in [-0.4, -0.2) is 17.4 Å². The smallest absolute Gasteiger partial charge is 0.232 e. The molecule has 1 aromatic rings. The Morgan fingerprint density at radius 3 is 3.00 bits per heavy atom. The number of nitrogens with zero attached hydrogens (tertiary/aromatic N) is 1. The maximum atomic E-state index is 12.2. The fourth-order valence-electron chi connectivity index (χ4n) is 3.23. The van der Waals surface area contributed by atoms with Gasteiger partial charge in [-0.25, -0.2) is 4.98 Å². The van der Waals surface area contributed by atoms with Gasteiger partial charge >= 0.3 is 0 Å². The summed E-state index contributed by atoms with van der Waals surface area (Å²) < 4.78 is 0. The van der Waals surface area contributed by atoms with Gasteiger partial charge in [-0.2, -0.15) is 0 Å². The molecule has 0 saturated heterocycles. The molecule has 1 saturated carbocycles. The van der Waals surface area contributed by atoms with Crippen LogP contribution in [0.2, 0.25) is 0 Å². The number of carbonyl (C=O) groups excluding carboxylic acids is 1. The monoisotopic (exact) mass is 245 g/mol. The highest BCUT2D eigenvalue weighted by atomic mass is 16.2. The van der Waals surface area contributed by atoms with Crippen LogP contribution in [0.5, 0.6) is 0 Å². The number of fused-ring (bicyclic) bond motifs is 1. The van der Waals surface area contributed by atoms with E-state index in [1.807, 2.05) is 6.20 Å². The lowest BCUT2D eigenvalue weighted by Crippen LogP contribution is -2.52. The summed E-state index contributed by atoms with van der Waals surface area (Å²) in [5, 5.41) is 2.96. The van der Waals surface area contributed by atoms with Gasteiger partial charge in [-0.05, 0) is 49.3 Å². The molecule has 0 atom stereocenters. The number of rotatable bonds is 2. The van der Waals surface area contributed by atoms with Crippen molar-refractivity contribution in [3.05, 3.63) is 23.4 Å². The SMILES string of the molecule is CCc1cnc2c(c1)CC1(CC(CN)C1)C(=O)N2. The predicted molar refractivity (Wildman–Crippen MR) is 70.2 cm³/mol. The molecule has 1 spiro atoms. The van der Waals surface area contributed by atoms with Crippen LogP contribution >= 0.6 is 0 Å². The van der Waals surface area contributed by atoms with Crippen LogP contribution in [0.3, 0.4) is 0 Å². The lowest BCUT2D eigenvalue weighted by Gasteiger charge is -2.48. The summed E-state index contributed by atoms with van der Waals surface area (Å²) in [6.07, 6.45) is 5.50. The van der Waals surface area contributed by atoms with Gasteiger partial charge in [0.05, 0.1) is 5.41 Å². The minimum Gasteiger partial charge on any atom is -0.330 e. The molecule has 96 valence electrons. The maximum absolute atomic E-state index is 12.2. The highest BCUT2D eigenvalue weighted by Crippen LogP contribution is 2.50. The van der Waals surface area contributed by atoms with Crippen molar-refractivity contribution >= 4 is 11.7 Å². The van der Waals surface area contributed by atoms with Crippen LogP contribution in [0.4, 0.5) is 5.82 Å². The van der Waals surface area contributed by atoms with Crippen LogP contribution < -0.4 is 11.1 Å². The first-order valence-electron chi connectivity index (χ1n) is 6.66. The highest BCUT2D eigenvalue weighted by Gasteiger charge is 2.51. The van der Waals surface area contributed by atoms with E-state index < -0.39 is 0 Å². The van der Waals surface area contributed by atoms with Crippen molar-refractivity contribution in [1.82, 2.24) is 4.98 Å². The van der Waals surface area contributed by atoms with E-state index in [2.05, 4.69) is 23.3 Å². The molecule has 4 nitrogen and oxygen atoms in total. The molecule has 0 radical (unpaired) electrons. The van der Waals surface area contributed by atoms with Gasteiger partial charge in [0, 0.05) is 6.20 Å². The van der Waals surface area contributed by atoms with Gasteiger partial charge in [0.1, 0.15) is 5.82 Å². The molecule has 0 unspecified atom stereocenters. The first kappa shape index (κ1) is 11.7. The Labute approximate surface area is 107 Å². The van der Waals surface area contributed by atoms with Gasteiger partial charge < -0.3 is 11.1 Å². The molecule has 2 heterocycles. The number of carbonyl (C=O) groups is 1. The van der Waals surface area contributed by atoms with Crippen molar-refractivity contribution in [2.75, 3.05) is 11.9 Å². The van der Waals surface area contributed by atoms with Crippen molar-refractivity contribution < 1.29 is 4.79 Å². The number of nitrogens with two attached hydrogens (primary N) is 1. The Morgan fingerprint density at radius 1 is 1.56 bits per heavy atom. The maximum Gasteiger partial charge on any atom is 0.232 e. The molecule has 0 bridgehead atoms. The third-order valence-corrected chi connectivity index (χ3v) is 4.37. The van der Waals surface area contributed by atoms with Crippen LogP contribution in [-0.2, 0) is 17.6 Å². The molecule has 4 heteroatoms. The van der Waals surface area contributed by atoms with Crippen molar-refractivity contribution in [3.8, 4) is 0 Å². The zero-order chi connectivity index (χ0) is 12.8. The third kappa shape index (κ3) is 1.63. The number of hydrogen-bond donors (Lipinski definition) is 2. The van der Waals surface area contributed by atoms with E-state index in [0.29, 0.717) is 12.5 Å². The summed E-state index contributed by atoms with van der Waals surface area (Å²) in [5.41, 5.74) is 7.88. The average Bonchev–Trinajstić information content (AvgIpc) is 2.34. The molecule has 1 amide bonds. The standard InChI is InChI=1S/C14H19N3O/c1-2-9-3-11-6-14(4-10(5-14)7-15)13(18)17-12(11)16-8-9/h3,8,10H,2,4-7,15H2,1H3,(H,16,17,18). The number of aryl methyl sites for hydroxylation is 1. The number of nitrogens with one attached hydrogen (secondary N) is 1. The topological polar surface area (TPSA) is 68.0 Å². The van der Waals surface area contributed by atoms with Crippen LogP contribution in [0.25, 0.3) is 0 Å². The Balaban J connectivity index is 1.89. The Bertz CT molecular complexity index is 492. The molecule has 0 aromatic carbocycles. The van der Waals surface area contributed by atoms with Crippen molar-refractivity contribution in [3.63, 3.8) is 0 Å². The molecule has 1 aliphatic carbocycles. The quantitative estimate of drug-likeness (QED) is 0.829. The predicted octanol–water partition coefficient (Wildman–Crippen LogP) is 1.49. The molecule has 3 N–H and O–H groups in total. The average molecular weight is 245 g/mol. The summed E-state index contributed by atoms with van der Waals surface area (Å²) in [5.74, 6) is 1.40. The van der Waals surface area contributed by atoms with Crippen LogP contribution in [0.1, 0.15) is 30.9 Å². The largest absolute Gasteiger partial charge is 0.330 e. The summed E-state index contributed by atoms with van der Waals surface area (Å²) in [6, 6.07) is 2.18. The second kappa shape index (κ2) is 4.05. The molecule has 1 fully saturated rings. The van der Waals surface area contributed by atoms with Crippen molar-refractivity contribution in [2.45, 2.75) is 32.6 Å². The van der Waals surface area contributed by atoms with E-state index in [0.717, 1.165) is 31.5 Å². The van der Waals surface area contributed by atoms with E-state index in [4.69, 9.17) is 5.73 Å². The Hall–Kier alpha value is -1.42. The number of aromatic nitrogens is 1. The van der Waals surface area contributed by atoms with Gasteiger partial charge in [-0.3, -0.25) is 4.79 Å². The minimum absolute atomic E-state index is 0.136. The van der Waals surface area contributed by atoms with Crippen LogP contribution in [0.15, 0.2) is 12.3 Å². The Kier molecular flexibility index (Phi) is 2.63. The first-order chi connectivity index (χ1) is 8.66. The minimum atomic E-state index is -0.203. The van der Waals surface area contributed by atoms with E-state index >= 15 is 0 Å². The van der Waals surface area contributed by atoms with Gasteiger partial charge in [-0.1, -0.05) is 13.0 Å². The molecule has 1 aromatic heterocycles. The second-order valence-corrected chi connectivity index (χ2v) is 5.63. The van der Waals surface area contributed by atoms with Crippen molar-refractivity contribution in [2.24, 2.45) is 17.1 Å². The second-order valence-electron chi connectivity index (χ2n) is 5.63. The number of pyridine rings is 1. The lowest BCUT2D eigenvalue weighted by atomic mass is 9.58. The molecule has 18 heavy (non-hydrogen) atoms. The summed E-state index contributed by atoms with van der Waals surface area (Å²) in [6.45, 7) is 2.81. The van der Waals surface area contributed by atoms with E-state index in [1.54, 1.807) is 0 Å². The normalized spacial score (nSPS) is 29.7. The van der Waals surface area contributed by atoms with E-state index in [-0.39, 0.29) is 11.3 Å². The lowest BCUT2D eigenvalue weighted by molar-refractivity contribution is -0.134. The van der Waals surface area contributed by atoms with Crippen molar-refractivity contribution in [1.29, 1.82) is 0 Å². The van der Waals surface area contributed by atoms with Gasteiger partial charge in [0.25, 0.3) is 0 Å². The summed E-state index contributed by atoms with van der Waals surface area (Å²) in [4.78, 5) is 16.5. The highest BCUT2D eigenvalue weighted by molar-refractivity contribution is 5.98. The number of hydrogen-bond acceptors (Lipinski definition) is 3. The molecule has 2 aliphatic rings. The zero-order valence-corrected chi connectivity index (χ0v) is 10.7. The molecular weight excluding hydrogens is 226 g/mol. The van der Waals surface area contributed by atoms with E-state index in [1.165, 1.54) is 11.1 Å². The number of anilines is 1. The molecule has 3 rings (SSSR count). The number of amides is 1. The fourth-order valence-corrected chi connectivity index (χ4v) is 3.23. The fraction of sp³-hybridized carbons (Fsp3) is 0.571.